The van der Waals surface area contributed by atoms with Crippen LogP contribution in [-0.4, -0.2) is 8.80 Å². The Morgan fingerprint density at radius 3 is 2.00 bits per heavy atom. The first-order valence-corrected chi connectivity index (χ1v) is 6.31. The Kier molecular flexibility index (Phi) is 5.85. The van der Waals surface area contributed by atoms with Crippen LogP contribution in [0.3, 0.4) is 0 Å². The average molecular weight is 166 g/mol. The summed E-state index contributed by atoms with van der Waals surface area (Å²) >= 11 is 0. The number of hydrogen-bond donors (Lipinski definition) is 0. The Bertz CT molecular complexity index is 146. The zero-order chi connectivity index (χ0) is 8.69. The molecule has 0 rings (SSSR count). The van der Waals surface area contributed by atoms with E-state index in [2.05, 4.69) is 33.1 Å². The molecule has 0 aliphatic carbocycles. The van der Waals surface area contributed by atoms with E-state index in [0.717, 1.165) is 0 Å². The molecule has 0 unspecified atom stereocenters. The van der Waals surface area contributed by atoms with E-state index in [0.29, 0.717) is 0 Å². The molecule has 0 atom stereocenters. The lowest BCUT2D eigenvalue weighted by atomic mass is 10.6. The summed E-state index contributed by atoms with van der Waals surface area (Å²) in [4.78, 5) is 0. The van der Waals surface area contributed by atoms with Gasteiger partial charge in [0.1, 0.15) is 0 Å². The van der Waals surface area contributed by atoms with E-state index in [9.17, 15) is 0 Å². The molecule has 0 amide bonds. The maximum Gasteiger partial charge on any atom is 0.0722 e. The lowest BCUT2D eigenvalue weighted by Gasteiger charge is -2.10. The van der Waals surface area contributed by atoms with Crippen LogP contribution in [0.4, 0.5) is 0 Å². The monoisotopic (exact) mass is 166 g/mol. The Morgan fingerprint density at radius 1 is 1.27 bits per heavy atom. The molecule has 0 aromatic carbocycles. The highest BCUT2D eigenvalue weighted by Gasteiger charge is 2.07. The quantitative estimate of drug-likeness (QED) is 0.435. The van der Waals surface area contributed by atoms with Gasteiger partial charge in [0.2, 0.25) is 0 Å². The van der Waals surface area contributed by atoms with Gasteiger partial charge in [-0.25, -0.2) is 0 Å². The molecule has 0 spiro atoms. The summed E-state index contributed by atoms with van der Waals surface area (Å²) in [5.41, 5.74) is 0. The third kappa shape index (κ3) is 3.99. The van der Waals surface area contributed by atoms with Crippen molar-refractivity contribution in [2.24, 2.45) is 0 Å². The van der Waals surface area contributed by atoms with Crippen molar-refractivity contribution >= 4 is 8.80 Å². The van der Waals surface area contributed by atoms with Crippen LogP contribution in [0.5, 0.6) is 0 Å². The summed E-state index contributed by atoms with van der Waals surface area (Å²) < 4.78 is 0. The standard InChI is InChI=1S/C10H18Si/c1-5-8-11(9-6-2)10(4)7-3/h5-7,11H,1-2,8-9H2,3-4H3/b10-7+. The Labute approximate surface area is 71.9 Å². The fourth-order valence-corrected chi connectivity index (χ4v) is 3.32. The van der Waals surface area contributed by atoms with Crippen LogP contribution < -0.4 is 0 Å². The highest BCUT2D eigenvalue weighted by Crippen LogP contribution is 2.10. The first kappa shape index (κ1) is 10.4. The molecule has 0 aliphatic heterocycles. The SMILES string of the molecule is C=CC[SiH](CC=C)/C(C)=C/C. The molecule has 0 nitrogen and oxygen atoms in total. The lowest BCUT2D eigenvalue weighted by molar-refractivity contribution is 1.44. The van der Waals surface area contributed by atoms with Crippen LogP contribution in [0.25, 0.3) is 0 Å². The van der Waals surface area contributed by atoms with Gasteiger partial charge in [0.15, 0.2) is 0 Å². The van der Waals surface area contributed by atoms with Crippen molar-refractivity contribution in [2.45, 2.75) is 25.9 Å². The molecule has 11 heavy (non-hydrogen) atoms. The fraction of sp³-hybridized carbons (Fsp3) is 0.400. The van der Waals surface area contributed by atoms with Crippen LogP contribution in [-0.2, 0) is 0 Å². The second-order valence-electron chi connectivity index (χ2n) is 2.78. The molecule has 0 saturated carbocycles. The molecule has 1 heteroatoms. The number of rotatable bonds is 5. The summed E-state index contributed by atoms with van der Waals surface area (Å²) in [7, 11) is -0.703. The molecule has 0 aromatic rings. The molecule has 0 radical (unpaired) electrons. The average Bonchev–Trinajstić information content (AvgIpc) is 2.03. The molecular formula is C10H18Si. The predicted molar refractivity (Wildman–Crippen MR) is 56.6 cm³/mol. The molecule has 0 N–H and O–H groups in total. The van der Waals surface area contributed by atoms with Gasteiger partial charge >= 0.3 is 0 Å². The van der Waals surface area contributed by atoms with E-state index in [-0.39, 0.29) is 0 Å². The van der Waals surface area contributed by atoms with E-state index < -0.39 is 8.80 Å². The van der Waals surface area contributed by atoms with E-state index >= 15 is 0 Å². The summed E-state index contributed by atoms with van der Waals surface area (Å²) in [6.45, 7) is 11.9. The van der Waals surface area contributed by atoms with Gasteiger partial charge < -0.3 is 0 Å². The highest BCUT2D eigenvalue weighted by atomic mass is 28.3. The van der Waals surface area contributed by atoms with Crippen molar-refractivity contribution in [1.29, 1.82) is 0 Å². The predicted octanol–water partition coefficient (Wildman–Crippen LogP) is 3.09. The molecular weight excluding hydrogens is 148 g/mol. The van der Waals surface area contributed by atoms with Crippen molar-refractivity contribution in [3.63, 3.8) is 0 Å². The van der Waals surface area contributed by atoms with Crippen LogP contribution in [0.15, 0.2) is 36.6 Å². The summed E-state index contributed by atoms with van der Waals surface area (Å²) in [5.74, 6) is 0. The fourth-order valence-electron chi connectivity index (χ4n) is 1.11. The van der Waals surface area contributed by atoms with Crippen molar-refractivity contribution in [2.75, 3.05) is 0 Å². The van der Waals surface area contributed by atoms with E-state index in [1.54, 1.807) is 5.20 Å². The van der Waals surface area contributed by atoms with Gasteiger partial charge in [-0.2, -0.15) is 0 Å². The van der Waals surface area contributed by atoms with Gasteiger partial charge in [0.25, 0.3) is 0 Å². The second kappa shape index (κ2) is 6.17. The third-order valence-electron chi connectivity index (χ3n) is 2.00. The van der Waals surface area contributed by atoms with Gasteiger partial charge in [-0.3, -0.25) is 0 Å². The van der Waals surface area contributed by atoms with Gasteiger partial charge in [0.05, 0.1) is 8.80 Å². The minimum absolute atomic E-state index is 0.703. The molecule has 0 fully saturated rings. The first-order chi connectivity index (χ1) is 5.26. The van der Waals surface area contributed by atoms with Crippen molar-refractivity contribution in [1.82, 2.24) is 0 Å². The molecule has 0 saturated heterocycles. The Hall–Kier alpha value is -0.563. The first-order valence-electron chi connectivity index (χ1n) is 4.10. The maximum atomic E-state index is 3.77. The van der Waals surface area contributed by atoms with Gasteiger partial charge in [-0.05, 0) is 25.9 Å². The zero-order valence-electron chi connectivity index (χ0n) is 7.64. The number of allylic oxidation sites excluding steroid dienone is 4. The zero-order valence-corrected chi connectivity index (χ0v) is 8.79. The Morgan fingerprint density at radius 2 is 1.73 bits per heavy atom. The van der Waals surface area contributed by atoms with E-state index in [4.69, 9.17) is 0 Å². The lowest BCUT2D eigenvalue weighted by Crippen LogP contribution is -2.11. The van der Waals surface area contributed by atoms with E-state index in [1.807, 2.05) is 12.2 Å². The smallest absolute Gasteiger partial charge is 0.0722 e. The summed E-state index contributed by atoms with van der Waals surface area (Å²) in [6.07, 6.45) is 6.30. The minimum Gasteiger partial charge on any atom is -0.103 e. The van der Waals surface area contributed by atoms with Gasteiger partial charge in [0, 0.05) is 0 Å². The van der Waals surface area contributed by atoms with Crippen molar-refractivity contribution in [3.8, 4) is 0 Å². The van der Waals surface area contributed by atoms with Crippen LogP contribution in [0.2, 0.25) is 12.1 Å². The summed E-state index contributed by atoms with van der Waals surface area (Å²) in [6, 6.07) is 2.39. The van der Waals surface area contributed by atoms with Crippen LogP contribution in [0.1, 0.15) is 13.8 Å². The normalized spacial score (nSPS) is 11.7. The third-order valence-corrected chi connectivity index (χ3v) is 5.43. The van der Waals surface area contributed by atoms with Crippen LogP contribution in [0, 0.1) is 0 Å². The molecule has 0 bridgehead atoms. The molecule has 0 aliphatic rings. The molecule has 62 valence electrons. The second-order valence-corrected chi connectivity index (χ2v) is 6.03. The Balaban J connectivity index is 4.07. The minimum atomic E-state index is -0.703. The highest BCUT2D eigenvalue weighted by molar-refractivity contribution is 6.67. The van der Waals surface area contributed by atoms with Crippen molar-refractivity contribution in [3.05, 3.63) is 36.6 Å². The largest absolute Gasteiger partial charge is 0.103 e. The topological polar surface area (TPSA) is 0 Å². The van der Waals surface area contributed by atoms with Gasteiger partial charge in [-0.1, -0.05) is 23.4 Å². The number of hydrogen-bond acceptors (Lipinski definition) is 0. The van der Waals surface area contributed by atoms with E-state index in [1.165, 1.54) is 12.1 Å². The van der Waals surface area contributed by atoms with Crippen LogP contribution >= 0.6 is 0 Å². The van der Waals surface area contributed by atoms with Crippen molar-refractivity contribution < 1.29 is 0 Å². The molecule has 0 aromatic heterocycles. The summed E-state index contributed by atoms with van der Waals surface area (Å²) in [5, 5.41) is 1.57. The molecule has 0 heterocycles. The van der Waals surface area contributed by atoms with Gasteiger partial charge in [-0.15, -0.1) is 13.2 Å². The maximum absolute atomic E-state index is 3.77.